The van der Waals surface area contributed by atoms with Gasteiger partial charge in [0, 0.05) is 6.42 Å². The van der Waals surface area contributed by atoms with E-state index in [0.29, 0.717) is 0 Å². The molecule has 1 fully saturated rings. The summed E-state index contributed by atoms with van der Waals surface area (Å²) in [4.78, 5) is 0. The molecule has 0 aromatic rings. The van der Waals surface area contributed by atoms with Crippen molar-refractivity contribution in [3.8, 4) is 0 Å². The van der Waals surface area contributed by atoms with E-state index in [0.717, 1.165) is 13.0 Å². The van der Waals surface area contributed by atoms with Crippen molar-refractivity contribution in [1.82, 2.24) is 0 Å². The molecule has 1 heteroatoms. The fraction of sp³-hybridized carbons (Fsp3) is 0.429. The molecule has 0 unspecified atom stereocenters. The predicted molar refractivity (Wildman–Crippen MR) is 31.6 cm³/mol. The van der Waals surface area contributed by atoms with Gasteiger partial charge in [-0.3, -0.25) is 0 Å². The number of ether oxygens (including phenoxy) is 1. The maximum Gasteiger partial charge on any atom is 0.113 e. The van der Waals surface area contributed by atoms with Gasteiger partial charge in [-0.1, -0.05) is 24.3 Å². The van der Waals surface area contributed by atoms with Crippen LogP contribution in [0.25, 0.3) is 0 Å². The van der Waals surface area contributed by atoms with E-state index in [1.807, 2.05) is 0 Å². The Labute approximate surface area is 48.7 Å². The molecule has 1 aliphatic carbocycles. The molecule has 1 atom stereocenters. The average Bonchev–Trinajstić information content (AvgIpc) is 2.52. The molecule has 0 N–H and O–H groups in total. The van der Waals surface area contributed by atoms with Crippen LogP contribution in [0.15, 0.2) is 24.3 Å². The average molecular weight is 108 g/mol. The lowest BCUT2D eigenvalue weighted by Crippen LogP contribution is -2.05. The smallest absolute Gasteiger partial charge is 0.113 e. The lowest BCUT2D eigenvalue weighted by Gasteiger charge is -2.03. The first-order valence-electron chi connectivity index (χ1n) is 2.90. The van der Waals surface area contributed by atoms with Gasteiger partial charge in [-0.05, 0) is 0 Å². The number of hydrogen-bond acceptors (Lipinski definition) is 1. The summed E-state index contributed by atoms with van der Waals surface area (Å²) >= 11 is 0. The van der Waals surface area contributed by atoms with Crippen molar-refractivity contribution in [2.45, 2.75) is 12.0 Å². The molecule has 1 saturated heterocycles. The highest BCUT2D eigenvalue weighted by atomic mass is 16.6. The summed E-state index contributed by atoms with van der Waals surface area (Å²) in [5, 5.41) is 0. The summed E-state index contributed by atoms with van der Waals surface area (Å²) in [6, 6.07) is 0. The molecule has 0 aromatic carbocycles. The first-order valence-corrected chi connectivity index (χ1v) is 2.90. The number of epoxide rings is 1. The Morgan fingerprint density at radius 3 is 2.62 bits per heavy atom. The Kier molecular flexibility index (Phi) is 0.667. The topological polar surface area (TPSA) is 12.5 Å². The minimum Gasteiger partial charge on any atom is -0.365 e. The molecule has 0 saturated carbocycles. The van der Waals surface area contributed by atoms with Gasteiger partial charge in [0.15, 0.2) is 0 Å². The van der Waals surface area contributed by atoms with E-state index < -0.39 is 0 Å². The predicted octanol–water partition coefficient (Wildman–Crippen LogP) is 1.27. The van der Waals surface area contributed by atoms with Crippen LogP contribution in [0.2, 0.25) is 0 Å². The molecular formula is C7H8O. The Morgan fingerprint density at radius 1 is 1.38 bits per heavy atom. The molecule has 0 bridgehead atoms. The first kappa shape index (κ1) is 4.33. The van der Waals surface area contributed by atoms with Crippen molar-refractivity contribution in [2.75, 3.05) is 6.61 Å². The summed E-state index contributed by atoms with van der Waals surface area (Å²) in [6.07, 6.45) is 9.47. The molecule has 42 valence electrons. The molecule has 2 aliphatic rings. The zero-order valence-electron chi connectivity index (χ0n) is 4.63. The monoisotopic (exact) mass is 108 g/mol. The molecule has 2 rings (SSSR count). The molecule has 8 heavy (non-hydrogen) atoms. The van der Waals surface area contributed by atoms with Gasteiger partial charge in [0.1, 0.15) is 5.60 Å². The number of allylic oxidation sites excluding steroid dienone is 2. The minimum absolute atomic E-state index is 0.161. The summed E-state index contributed by atoms with van der Waals surface area (Å²) in [5.74, 6) is 0. The van der Waals surface area contributed by atoms with Crippen LogP contribution in [0, 0.1) is 0 Å². The standard InChI is InChI=1S/C7H8O/c1-2-4-7(5-3-1)6-8-7/h1-4H,5-6H2/t7-/m1/s1. The van der Waals surface area contributed by atoms with E-state index in [9.17, 15) is 0 Å². The summed E-state index contributed by atoms with van der Waals surface area (Å²) in [6.45, 7) is 0.924. The van der Waals surface area contributed by atoms with Crippen LogP contribution in [-0.2, 0) is 4.74 Å². The second-order valence-electron chi connectivity index (χ2n) is 2.34. The SMILES string of the molecule is C1=CC[C@]2(C=C1)CO2. The van der Waals surface area contributed by atoms with Crippen LogP contribution >= 0.6 is 0 Å². The van der Waals surface area contributed by atoms with E-state index in [1.54, 1.807) is 0 Å². The number of rotatable bonds is 0. The summed E-state index contributed by atoms with van der Waals surface area (Å²) in [5.41, 5.74) is 0.161. The minimum atomic E-state index is 0.161. The molecule has 1 aliphatic heterocycles. The molecule has 1 heterocycles. The zero-order chi connectivity index (χ0) is 5.45. The molecule has 0 amide bonds. The zero-order valence-corrected chi connectivity index (χ0v) is 4.63. The fourth-order valence-electron chi connectivity index (χ4n) is 0.952. The highest BCUT2D eigenvalue weighted by Crippen LogP contribution is 2.34. The van der Waals surface area contributed by atoms with Gasteiger partial charge >= 0.3 is 0 Å². The van der Waals surface area contributed by atoms with Crippen molar-refractivity contribution >= 4 is 0 Å². The van der Waals surface area contributed by atoms with Crippen LogP contribution in [0.4, 0.5) is 0 Å². The van der Waals surface area contributed by atoms with Crippen molar-refractivity contribution in [3.63, 3.8) is 0 Å². The third-order valence-electron chi connectivity index (χ3n) is 1.63. The van der Waals surface area contributed by atoms with Crippen LogP contribution < -0.4 is 0 Å². The van der Waals surface area contributed by atoms with Crippen LogP contribution in [-0.4, -0.2) is 12.2 Å². The van der Waals surface area contributed by atoms with Gasteiger partial charge in [0.25, 0.3) is 0 Å². The van der Waals surface area contributed by atoms with Gasteiger partial charge in [-0.25, -0.2) is 0 Å². The van der Waals surface area contributed by atoms with E-state index in [4.69, 9.17) is 4.74 Å². The van der Waals surface area contributed by atoms with Gasteiger partial charge in [0.05, 0.1) is 6.61 Å². The highest BCUT2D eigenvalue weighted by molar-refractivity contribution is 5.22. The van der Waals surface area contributed by atoms with Crippen LogP contribution in [0.1, 0.15) is 6.42 Å². The van der Waals surface area contributed by atoms with E-state index >= 15 is 0 Å². The Bertz CT molecular complexity index is 152. The van der Waals surface area contributed by atoms with Crippen molar-refractivity contribution in [2.24, 2.45) is 0 Å². The van der Waals surface area contributed by atoms with Crippen LogP contribution in [0.5, 0.6) is 0 Å². The quantitative estimate of drug-likeness (QED) is 0.426. The van der Waals surface area contributed by atoms with Gasteiger partial charge in [-0.2, -0.15) is 0 Å². The Hall–Kier alpha value is -0.560. The van der Waals surface area contributed by atoms with Crippen molar-refractivity contribution in [3.05, 3.63) is 24.3 Å². The summed E-state index contributed by atoms with van der Waals surface area (Å²) in [7, 11) is 0. The lowest BCUT2D eigenvalue weighted by molar-refractivity contribution is 0.351. The van der Waals surface area contributed by atoms with E-state index in [2.05, 4.69) is 24.3 Å². The molecule has 1 nitrogen and oxygen atoms in total. The largest absolute Gasteiger partial charge is 0.365 e. The third kappa shape index (κ3) is 0.514. The van der Waals surface area contributed by atoms with Gasteiger partial charge < -0.3 is 4.74 Å². The Morgan fingerprint density at radius 2 is 2.25 bits per heavy atom. The van der Waals surface area contributed by atoms with Gasteiger partial charge in [0.2, 0.25) is 0 Å². The first-order chi connectivity index (χ1) is 3.91. The molecule has 1 spiro atoms. The maximum absolute atomic E-state index is 5.20. The van der Waals surface area contributed by atoms with Crippen molar-refractivity contribution in [1.29, 1.82) is 0 Å². The Balaban J connectivity index is 2.20. The normalized spacial score (nSPS) is 41.0. The second kappa shape index (κ2) is 1.23. The molecule has 0 aromatic heterocycles. The third-order valence-corrected chi connectivity index (χ3v) is 1.63. The molecular weight excluding hydrogens is 100 g/mol. The molecule has 0 radical (unpaired) electrons. The maximum atomic E-state index is 5.20. The van der Waals surface area contributed by atoms with Crippen LogP contribution in [0.3, 0.4) is 0 Å². The van der Waals surface area contributed by atoms with Crippen molar-refractivity contribution < 1.29 is 4.74 Å². The number of hydrogen-bond donors (Lipinski definition) is 0. The van der Waals surface area contributed by atoms with E-state index in [1.165, 1.54) is 0 Å². The van der Waals surface area contributed by atoms with Gasteiger partial charge in [-0.15, -0.1) is 0 Å². The highest BCUT2D eigenvalue weighted by Gasteiger charge is 2.41. The fourth-order valence-corrected chi connectivity index (χ4v) is 0.952. The second-order valence-corrected chi connectivity index (χ2v) is 2.34. The lowest BCUT2D eigenvalue weighted by atomic mass is 10.0. The van der Waals surface area contributed by atoms with E-state index in [-0.39, 0.29) is 5.60 Å². The summed E-state index contributed by atoms with van der Waals surface area (Å²) < 4.78 is 5.20.